The van der Waals surface area contributed by atoms with E-state index in [9.17, 15) is 8.78 Å². The molecule has 2 nitrogen and oxygen atoms in total. The molecule has 2 atom stereocenters. The number of nitrogens with one attached hydrogen (secondary N) is 2. The van der Waals surface area contributed by atoms with Crippen LogP contribution in [0.5, 0.6) is 0 Å². The Bertz CT molecular complexity index is 694. The fraction of sp³-hybridized carbons (Fsp3) is 0.333. The molecule has 0 spiro atoms. The SMILES string of the molecule is Fc1cccc(F)c1-c1cccc2c1C1CCNCCC1N2. The fourth-order valence-corrected chi connectivity index (χ4v) is 3.82. The first-order chi connectivity index (χ1) is 10.8. The zero-order valence-electron chi connectivity index (χ0n) is 12.2. The molecule has 0 saturated carbocycles. The molecule has 2 aromatic rings. The lowest BCUT2D eigenvalue weighted by Gasteiger charge is -2.18. The highest BCUT2D eigenvalue weighted by molar-refractivity contribution is 5.78. The highest BCUT2D eigenvalue weighted by Gasteiger charge is 2.35. The maximum absolute atomic E-state index is 14.2. The van der Waals surface area contributed by atoms with Gasteiger partial charge in [0.2, 0.25) is 0 Å². The van der Waals surface area contributed by atoms with Gasteiger partial charge in [0, 0.05) is 17.6 Å². The molecule has 1 saturated heterocycles. The quantitative estimate of drug-likeness (QED) is 0.835. The molecule has 1 fully saturated rings. The van der Waals surface area contributed by atoms with Gasteiger partial charge in [-0.3, -0.25) is 0 Å². The van der Waals surface area contributed by atoms with Gasteiger partial charge in [0.05, 0.1) is 5.56 Å². The van der Waals surface area contributed by atoms with E-state index in [4.69, 9.17) is 0 Å². The van der Waals surface area contributed by atoms with Crippen molar-refractivity contribution >= 4 is 5.69 Å². The third kappa shape index (κ3) is 2.10. The van der Waals surface area contributed by atoms with E-state index in [1.54, 1.807) is 0 Å². The predicted molar refractivity (Wildman–Crippen MR) is 84.0 cm³/mol. The zero-order chi connectivity index (χ0) is 15.1. The molecule has 2 aromatic carbocycles. The van der Waals surface area contributed by atoms with Crippen LogP contribution in [0.3, 0.4) is 0 Å². The van der Waals surface area contributed by atoms with Gasteiger partial charge in [0.1, 0.15) is 11.6 Å². The molecule has 4 rings (SSSR count). The van der Waals surface area contributed by atoms with E-state index in [1.165, 1.54) is 18.2 Å². The van der Waals surface area contributed by atoms with Crippen LogP contribution in [-0.4, -0.2) is 19.1 Å². The Morgan fingerprint density at radius 2 is 1.64 bits per heavy atom. The van der Waals surface area contributed by atoms with Crippen LogP contribution in [0, 0.1) is 11.6 Å². The maximum atomic E-state index is 14.2. The molecule has 2 heterocycles. The molecule has 2 aliphatic heterocycles. The highest BCUT2D eigenvalue weighted by Crippen LogP contribution is 2.46. The van der Waals surface area contributed by atoms with Crippen LogP contribution in [0.2, 0.25) is 0 Å². The lowest BCUT2D eigenvalue weighted by atomic mass is 9.85. The smallest absolute Gasteiger partial charge is 0.133 e. The maximum Gasteiger partial charge on any atom is 0.133 e. The average Bonchev–Trinajstić information content (AvgIpc) is 2.70. The summed E-state index contributed by atoms with van der Waals surface area (Å²) in [7, 11) is 0. The second-order valence-corrected chi connectivity index (χ2v) is 6.05. The summed E-state index contributed by atoms with van der Waals surface area (Å²) >= 11 is 0. The first-order valence-corrected chi connectivity index (χ1v) is 7.80. The van der Waals surface area contributed by atoms with Gasteiger partial charge in [-0.2, -0.15) is 0 Å². The van der Waals surface area contributed by atoms with E-state index in [-0.39, 0.29) is 5.56 Å². The lowest BCUT2D eigenvalue weighted by Crippen LogP contribution is -2.21. The van der Waals surface area contributed by atoms with Gasteiger partial charge in [-0.25, -0.2) is 8.78 Å². The third-order valence-electron chi connectivity index (χ3n) is 4.80. The van der Waals surface area contributed by atoms with Gasteiger partial charge >= 0.3 is 0 Å². The lowest BCUT2D eigenvalue weighted by molar-refractivity contribution is 0.574. The van der Waals surface area contributed by atoms with Crippen LogP contribution >= 0.6 is 0 Å². The van der Waals surface area contributed by atoms with Crippen LogP contribution in [0.15, 0.2) is 36.4 Å². The monoisotopic (exact) mass is 300 g/mol. The molecule has 0 amide bonds. The first-order valence-electron chi connectivity index (χ1n) is 7.80. The molecule has 2 aliphatic rings. The van der Waals surface area contributed by atoms with E-state index >= 15 is 0 Å². The van der Waals surface area contributed by atoms with Crippen LogP contribution in [-0.2, 0) is 0 Å². The van der Waals surface area contributed by atoms with E-state index in [0.29, 0.717) is 17.5 Å². The minimum absolute atomic E-state index is 0.0963. The van der Waals surface area contributed by atoms with Gasteiger partial charge < -0.3 is 10.6 Å². The fourth-order valence-electron chi connectivity index (χ4n) is 3.82. The Kier molecular flexibility index (Phi) is 3.34. The van der Waals surface area contributed by atoms with Gasteiger partial charge in [-0.15, -0.1) is 0 Å². The van der Waals surface area contributed by atoms with Crippen molar-refractivity contribution in [3.8, 4) is 11.1 Å². The number of benzene rings is 2. The van der Waals surface area contributed by atoms with E-state index < -0.39 is 11.6 Å². The molecule has 22 heavy (non-hydrogen) atoms. The van der Waals surface area contributed by atoms with E-state index in [2.05, 4.69) is 10.6 Å². The number of hydrogen-bond donors (Lipinski definition) is 2. The molecular weight excluding hydrogens is 282 g/mol. The first kappa shape index (κ1) is 13.7. The predicted octanol–water partition coefficient (Wildman–Crippen LogP) is 3.89. The van der Waals surface area contributed by atoms with Crippen molar-refractivity contribution in [2.45, 2.75) is 24.8 Å². The standard InChI is InChI=1S/C18H18F2N2/c19-13-4-2-5-14(20)18(13)12-3-1-6-16-17(12)11-7-9-21-10-8-15(11)22-16/h1-6,11,15,21-22H,7-10H2. The third-order valence-corrected chi connectivity index (χ3v) is 4.80. The average molecular weight is 300 g/mol. The summed E-state index contributed by atoms with van der Waals surface area (Å²) < 4.78 is 28.5. The Morgan fingerprint density at radius 1 is 0.909 bits per heavy atom. The molecule has 114 valence electrons. The number of rotatable bonds is 1. The molecule has 2 unspecified atom stereocenters. The van der Waals surface area contributed by atoms with Crippen molar-refractivity contribution in [2.75, 3.05) is 18.4 Å². The summed E-state index contributed by atoms with van der Waals surface area (Å²) in [6.45, 7) is 1.92. The van der Waals surface area contributed by atoms with Crippen molar-refractivity contribution < 1.29 is 8.78 Å². The Morgan fingerprint density at radius 3 is 2.45 bits per heavy atom. The van der Waals surface area contributed by atoms with Crippen molar-refractivity contribution in [1.29, 1.82) is 0 Å². The summed E-state index contributed by atoms with van der Waals surface area (Å²) in [5, 5.41) is 6.94. The second kappa shape index (κ2) is 5.36. The van der Waals surface area contributed by atoms with Crippen molar-refractivity contribution in [3.63, 3.8) is 0 Å². The molecule has 4 heteroatoms. The summed E-state index contributed by atoms with van der Waals surface area (Å²) in [5.41, 5.74) is 2.88. The molecule has 2 N–H and O–H groups in total. The zero-order valence-corrected chi connectivity index (χ0v) is 12.2. The second-order valence-electron chi connectivity index (χ2n) is 6.05. The summed E-state index contributed by atoms with van der Waals surface area (Å²) in [6, 6.07) is 10.1. The van der Waals surface area contributed by atoms with Gasteiger partial charge in [-0.05, 0) is 55.3 Å². The van der Waals surface area contributed by atoms with Gasteiger partial charge in [0.25, 0.3) is 0 Å². The number of anilines is 1. The largest absolute Gasteiger partial charge is 0.381 e. The number of fused-ring (bicyclic) bond motifs is 3. The summed E-state index contributed by atoms with van der Waals surface area (Å²) in [4.78, 5) is 0. The normalized spacial score (nSPS) is 23.4. The van der Waals surface area contributed by atoms with Crippen LogP contribution in [0.25, 0.3) is 11.1 Å². The number of hydrogen-bond acceptors (Lipinski definition) is 2. The van der Waals surface area contributed by atoms with Gasteiger partial charge in [0.15, 0.2) is 0 Å². The van der Waals surface area contributed by atoms with Crippen LogP contribution in [0.4, 0.5) is 14.5 Å². The Balaban J connectivity index is 1.89. The minimum Gasteiger partial charge on any atom is -0.381 e. The minimum atomic E-state index is -0.497. The molecule has 0 radical (unpaired) electrons. The molecule has 0 aliphatic carbocycles. The van der Waals surface area contributed by atoms with Crippen molar-refractivity contribution in [1.82, 2.24) is 5.32 Å². The van der Waals surface area contributed by atoms with Crippen molar-refractivity contribution in [2.24, 2.45) is 0 Å². The topological polar surface area (TPSA) is 24.1 Å². The van der Waals surface area contributed by atoms with E-state index in [1.807, 2.05) is 18.2 Å². The number of halogens is 2. The van der Waals surface area contributed by atoms with Gasteiger partial charge in [-0.1, -0.05) is 18.2 Å². The Hall–Kier alpha value is -1.94. The van der Waals surface area contributed by atoms with Crippen molar-refractivity contribution in [3.05, 3.63) is 53.6 Å². The molecular formula is C18H18F2N2. The Labute approximate surface area is 128 Å². The summed E-state index contributed by atoms with van der Waals surface area (Å²) in [6.07, 6.45) is 2.01. The van der Waals surface area contributed by atoms with E-state index in [0.717, 1.165) is 37.2 Å². The molecule has 0 bridgehead atoms. The molecule has 0 aromatic heterocycles. The van der Waals surface area contributed by atoms with Crippen LogP contribution in [0.1, 0.15) is 24.3 Å². The highest BCUT2D eigenvalue weighted by atomic mass is 19.1. The summed E-state index contributed by atoms with van der Waals surface area (Å²) in [5.74, 6) is -0.688. The van der Waals surface area contributed by atoms with Crippen LogP contribution < -0.4 is 10.6 Å².